The normalized spacial score (nSPS) is 29.2. The van der Waals surface area contributed by atoms with Gasteiger partial charge in [-0.15, -0.1) is 0 Å². The number of hydrogen-bond donors (Lipinski definition) is 1. The van der Waals surface area contributed by atoms with Gasteiger partial charge in [0.05, 0.1) is 18.1 Å². The molecule has 2 aromatic carbocycles. The van der Waals surface area contributed by atoms with Crippen LogP contribution < -0.4 is 0 Å². The second kappa shape index (κ2) is 10.7. The van der Waals surface area contributed by atoms with Crippen LogP contribution in [0.3, 0.4) is 0 Å². The minimum Gasteiger partial charge on any atom is -0.481 e. The van der Waals surface area contributed by atoms with Crippen LogP contribution >= 0.6 is 0 Å². The minimum atomic E-state index is -4.44. The summed E-state index contributed by atoms with van der Waals surface area (Å²) in [6, 6.07) is 9.79. The number of fused-ring (bicyclic) bond motifs is 1. The molecule has 1 amide bonds. The molecule has 0 spiro atoms. The summed E-state index contributed by atoms with van der Waals surface area (Å²) in [5.41, 5.74) is 0.505. The van der Waals surface area contributed by atoms with Gasteiger partial charge in [-0.25, -0.2) is 4.39 Å². The first kappa shape index (κ1) is 28.2. The lowest BCUT2D eigenvalue weighted by molar-refractivity contribution is -0.177. The lowest BCUT2D eigenvalue weighted by Crippen LogP contribution is -2.59. The molecule has 2 aromatic rings. The predicted octanol–water partition coefficient (Wildman–Crippen LogP) is 5.25. The third-order valence-corrected chi connectivity index (χ3v) is 9.59. The monoisotopic (exact) mass is 574 g/mol. The molecule has 1 unspecified atom stereocenters. The predicted molar refractivity (Wildman–Crippen MR) is 141 cm³/mol. The Bertz CT molecular complexity index is 1300. The van der Waals surface area contributed by atoms with Crippen LogP contribution in [-0.2, 0) is 33.5 Å². The number of rotatable bonds is 5. The van der Waals surface area contributed by atoms with Crippen LogP contribution in [0, 0.1) is 17.7 Å². The third kappa shape index (κ3) is 5.48. The zero-order valence-corrected chi connectivity index (χ0v) is 22.7. The molecule has 6 nitrogen and oxygen atoms in total. The third-order valence-electron chi connectivity index (χ3n) is 9.59. The number of carboxylic acids is 1. The van der Waals surface area contributed by atoms with Crippen LogP contribution in [0.15, 0.2) is 42.5 Å². The zero-order chi connectivity index (χ0) is 28.9. The lowest BCUT2D eigenvalue weighted by atomic mass is 9.79. The van der Waals surface area contributed by atoms with Gasteiger partial charge in [0.15, 0.2) is 0 Å². The Morgan fingerprint density at radius 1 is 0.976 bits per heavy atom. The van der Waals surface area contributed by atoms with Crippen LogP contribution in [-0.4, -0.2) is 64.7 Å². The van der Waals surface area contributed by atoms with Crippen LogP contribution in [0.4, 0.5) is 17.6 Å². The van der Waals surface area contributed by atoms with Gasteiger partial charge in [-0.2, -0.15) is 13.2 Å². The topological polar surface area (TPSA) is 70.1 Å². The van der Waals surface area contributed by atoms with Crippen molar-refractivity contribution in [3.8, 4) is 0 Å². The molecule has 0 aromatic heterocycles. The molecule has 0 bridgehead atoms. The molecule has 3 fully saturated rings. The zero-order valence-electron chi connectivity index (χ0n) is 22.7. The SMILES string of the molecule is O=C(O)C1CN([C@@H]2CC[C@@](C(=O)N3CCc4ccc(C(F)(F)F)cc4C3)(C3CC3)OC2)CC[C@H]1c1ccc(F)cc1. The second-order valence-electron chi connectivity index (χ2n) is 12.0. The van der Waals surface area contributed by atoms with E-state index < -0.39 is 29.2 Å². The van der Waals surface area contributed by atoms with Gasteiger partial charge in [-0.1, -0.05) is 18.2 Å². The average Bonchev–Trinajstić information content (AvgIpc) is 3.82. The highest BCUT2D eigenvalue weighted by atomic mass is 19.4. The molecule has 1 saturated carbocycles. The number of ether oxygens (including phenoxy) is 1. The lowest BCUT2D eigenvalue weighted by Gasteiger charge is -2.47. The number of benzene rings is 2. The number of carboxylic acid groups (broad SMARTS) is 1. The summed E-state index contributed by atoms with van der Waals surface area (Å²) >= 11 is 0. The number of amides is 1. The number of aliphatic carboxylic acids is 1. The van der Waals surface area contributed by atoms with Crippen molar-refractivity contribution < 1.29 is 37.0 Å². The summed E-state index contributed by atoms with van der Waals surface area (Å²) in [4.78, 5) is 30.0. The Morgan fingerprint density at radius 3 is 2.37 bits per heavy atom. The van der Waals surface area contributed by atoms with E-state index in [2.05, 4.69) is 4.90 Å². The number of carbonyl (C=O) groups excluding carboxylic acids is 1. The molecule has 41 heavy (non-hydrogen) atoms. The fourth-order valence-corrected chi connectivity index (χ4v) is 7.13. The van der Waals surface area contributed by atoms with Gasteiger partial charge in [0.25, 0.3) is 5.91 Å². The maximum Gasteiger partial charge on any atom is 0.416 e. The molecular formula is C31H34F4N2O4. The van der Waals surface area contributed by atoms with E-state index in [9.17, 15) is 32.3 Å². The molecular weight excluding hydrogens is 540 g/mol. The minimum absolute atomic E-state index is 0.0258. The number of likely N-dealkylation sites (tertiary alicyclic amines) is 1. The van der Waals surface area contributed by atoms with Gasteiger partial charge in [0, 0.05) is 25.7 Å². The van der Waals surface area contributed by atoms with Crippen LogP contribution in [0.25, 0.3) is 0 Å². The summed E-state index contributed by atoms with van der Waals surface area (Å²) in [7, 11) is 0. The van der Waals surface area contributed by atoms with E-state index in [-0.39, 0.29) is 36.1 Å². The Balaban J connectivity index is 1.13. The number of nitrogens with zero attached hydrogens (tertiary/aromatic N) is 2. The largest absolute Gasteiger partial charge is 0.481 e. The van der Waals surface area contributed by atoms with E-state index in [4.69, 9.17) is 4.74 Å². The van der Waals surface area contributed by atoms with Crippen molar-refractivity contribution in [1.29, 1.82) is 0 Å². The van der Waals surface area contributed by atoms with Gasteiger partial charge in [-0.3, -0.25) is 14.5 Å². The van der Waals surface area contributed by atoms with Crippen molar-refractivity contribution in [2.45, 2.75) is 68.8 Å². The van der Waals surface area contributed by atoms with Gasteiger partial charge in [-0.05, 0) is 97.9 Å². The van der Waals surface area contributed by atoms with Crippen LogP contribution in [0.1, 0.15) is 60.3 Å². The van der Waals surface area contributed by atoms with E-state index in [1.165, 1.54) is 18.2 Å². The molecule has 4 aliphatic rings. The average molecular weight is 575 g/mol. The molecule has 2 saturated heterocycles. The summed E-state index contributed by atoms with van der Waals surface area (Å²) in [6.07, 6.45) is -0.375. The van der Waals surface area contributed by atoms with Crippen molar-refractivity contribution in [1.82, 2.24) is 9.80 Å². The van der Waals surface area contributed by atoms with Crippen LogP contribution in [0.2, 0.25) is 0 Å². The highest BCUT2D eigenvalue weighted by Crippen LogP contribution is 2.49. The van der Waals surface area contributed by atoms with Crippen LogP contribution in [0.5, 0.6) is 0 Å². The summed E-state index contributed by atoms with van der Waals surface area (Å²) in [6.45, 7) is 1.90. The smallest absolute Gasteiger partial charge is 0.416 e. The summed E-state index contributed by atoms with van der Waals surface area (Å²) in [5, 5.41) is 10.0. The van der Waals surface area contributed by atoms with E-state index in [0.29, 0.717) is 57.5 Å². The van der Waals surface area contributed by atoms with Crippen molar-refractivity contribution in [3.05, 3.63) is 70.5 Å². The number of piperidine rings is 1. The summed E-state index contributed by atoms with van der Waals surface area (Å²) in [5.74, 6) is -2.13. The van der Waals surface area contributed by atoms with E-state index in [1.807, 2.05) is 0 Å². The second-order valence-corrected chi connectivity index (χ2v) is 12.0. The number of carbonyl (C=O) groups is 2. The fraction of sp³-hybridized carbons (Fsp3) is 0.548. The molecule has 1 aliphatic carbocycles. The van der Waals surface area contributed by atoms with E-state index in [1.54, 1.807) is 17.0 Å². The Morgan fingerprint density at radius 2 is 1.73 bits per heavy atom. The van der Waals surface area contributed by atoms with Crippen molar-refractivity contribution in [2.75, 3.05) is 26.2 Å². The maximum absolute atomic E-state index is 14.0. The molecule has 4 atom stereocenters. The Hall–Kier alpha value is -2.98. The highest BCUT2D eigenvalue weighted by molar-refractivity contribution is 5.86. The van der Waals surface area contributed by atoms with Gasteiger partial charge in [0.2, 0.25) is 0 Å². The molecule has 220 valence electrons. The first-order valence-electron chi connectivity index (χ1n) is 14.4. The van der Waals surface area contributed by atoms with Gasteiger partial charge >= 0.3 is 12.1 Å². The van der Waals surface area contributed by atoms with Crippen molar-refractivity contribution in [3.63, 3.8) is 0 Å². The highest BCUT2D eigenvalue weighted by Gasteiger charge is 2.56. The number of halogens is 4. The van der Waals surface area contributed by atoms with Crippen molar-refractivity contribution in [2.24, 2.45) is 11.8 Å². The molecule has 0 radical (unpaired) electrons. The fourth-order valence-electron chi connectivity index (χ4n) is 7.13. The molecule has 6 rings (SSSR count). The number of hydrogen-bond acceptors (Lipinski definition) is 4. The first-order valence-corrected chi connectivity index (χ1v) is 14.4. The van der Waals surface area contributed by atoms with E-state index in [0.717, 1.165) is 36.1 Å². The summed E-state index contributed by atoms with van der Waals surface area (Å²) < 4.78 is 59.8. The molecule has 1 N–H and O–H groups in total. The molecule has 10 heteroatoms. The number of alkyl halides is 3. The molecule has 3 aliphatic heterocycles. The van der Waals surface area contributed by atoms with E-state index >= 15 is 0 Å². The van der Waals surface area contributed by atoms with Gasteiger partial charge < -0.3 is 14.7 Å². The van der Waals surface area contributed by atoms with Crippen molar-refractivity contribution >= 4 is 11.9 Å². The Kier molecular flexibility index (Phi) is 7.34. The standard InChI is InChI=1S/C31H34F4N2O4/c32-24-7-2-20(3-8-24)26-11-14-36(17-27(26)28(38)39)25-9-12-30(41-18-25,22-5-6-22)29(40)37-13-10-19-1-4-23(31(33,34)35)15-21(19)16-37/h1-4,7-8,15,22,25-27H,5-6,9-14,16-18H2,(H,38,39)/t25-,26+,27?,30+/m1/s1. The molecule has 3 heterocycles. The quantitative estimate of drug-likeness (QED) is 0.495. The maximum atomic E-state index is 14.0. The first-order chi connectivity index (χ1) is 19.5. The Labute approximate surface area is 236 Å². The van der Waals surface area contributed by atoms with Gasteiger partial charge in [0.1, 0.15) is 11.4 Å².